The Morgan fingerprint density at radius 3 is 2.73 bits per heavy atom. The van der Waals surface area contributed by atoms with Crippen molar-refractivity contribution in [2.24, 2.45) is 5.73 Å². The van der Waals surface area contributed by atoms with Crippen molar-refractivity contribution in [2.75, 3.05) is 0 Å². The van der Waals surface area contributed by atoms with Crippen LogP contribution in [0.5, 0.6) is 5.75 Å². The summed E-state index contributed by atoms with van der Waals surface area (Å²) in [5, 5.41) is 9.26. The zero-order valence-electron chi connectivity index (χ0n) is 8.86. The molecule has 0 unspecified atom stereocenters. The Morgan fingerprint density at radius 2 is 2.20 bits per heavy atom. The van der Waals surface area contributed by atoms with Gasteiger partial charge in [0.25, 0.3) is 0 Å². The molecule has 0 heterocycles. The summed E-state index contributed by atoms with van der Waals surface area (Å²) in [7, 11) is 0. The van der Waals surface area contributed by atoms with Crippen molar-refractivity contribution in [3.8, 4) is 5.75 Å². The maximum Gasteiger partial charge on any atom is 0.405 e. The van der Waals surface area contributed by atoms with Crippen molar-refractivity contribution in [3.63, 3.8) is 0 Å². The lowest BCUT2D eigenvalue weighted by molar-refractivity contribution is 0.0460. The molecule has 82 valence electrons. The van der Waals surface area contributed by atoms with Gasteiger partial charge in [-0.3, -0.25) is 0 Å². The standard InChI is InChI=1S/C11H15NO3/c1-11(2,15-10(12)14)7-8-4-3-5-9(13)6-8/h3-6,13H,7H2,1-2H3,(H2,12,14). The van der Waals surface area contributed by atoms with Gasteiger partial charge in [0.2, 0.25) is 0 Å². The van der Waals surface area contributed by atoms with Gasteiger partial charge in [0.1, 0.15) is 11.4 Å². The molecular formula is C11H15NO3. The minimum atomic E-state index is -0.792. The predicted molar refractivity (Wildman–Crippen MR) is 56.6 cm³/mol. The van der Waals surface area contributed by atoms with E-state index < -0.39 is 11.7 Å². The molecule has 4 heteroatoms. The normalized spacial score (nSPS) is 11.1. The van der Waals surface area contributed by atoms with E-state index in [2.05, 4.69) is 0 Å². The first-order valence-electron chi connectivity index (χ1n) is 4.65. The molecule has 1 aromatic rings. The van der Waals surface area contributed by atoms with Gasteiger partial charge in [-0.15, -0.1) is 0 Å². The van der Waals surface area contributed by atoms with Crippen LogP contribution >= 0.6 is 0 Å². The fourth-order valence-corrected chi connectivity index (χ4v) is 1.47. The highest BCUT2D eigenvalue weighted by Crippen LogP contribution is 2.19. The average molecular weight is 209 g/mol. The number of primary amides is 1. The van der Waals surface area contributed by atoms with Crippen molar-refractivity contribution in [1.29, 1.82) is 0 Å². The molecule has 4 nitrogen and oxygen atoms in total. The van der Waals surface area contributed by atoms with Crippen LogP contribution in [0.2, 0.25) is 0 Å². The third-order valence-electron chi connectivity index (χ3n) is 1.92. The second-order valence-corrected chi connectivity index (χ2v) is 4.03. The molecule has 0 spiro atoms. The van der Waals surface area contributed by atoms with Crippen molar-refractivity contribution in [1.82, 2.24) is 0 Å². The van der Waals surface area contributed by atoms with Crippen molar-refractivity contribution in [2.45, 2.75) is 25.9 Å². The first-order valence-corrected chi connectivity index (χ1v) is 4.65. The Morgan fingerprint density at radius 1 is 1.53 bits per heavy atom. The molecule has 0 bridgehead atoms. The molecule has 15 heavy (non-hydrogen) atoms. The summed E-state index contributed by atoms with van der Waals surface area (Å²) in [5.74, 6) is 0.197. The summed E-state index contributed by atoms with van der Waals surface area (Å²) in [6.45, 7) is 3.53. The van der Waals surface area contributed by atoms with Crippen molar-refractivity contribution >= 4 is 6.09 Å². The number of hydrogen-bond donors (Lipinski definition) is 2. The second-order valence-electron chi connectivity index (χ2n) is 4.03. The molecule has 0 radical (unpaired) electrons. The van der Waals surface area contributed by atoms with Crippen LogP contribution < -0.4 is 5.73 Å². The molecule has 0 saturated carbocycles. The maximum absolute atomic E-state index is 10.6. The van der Waals surface area contributed by atoms with Gasteiger partial charge in [0, 0.05) is 6.42 Å². The quantitative estimate of drug-likeness (QED) is 0.797. The number of aromatic hydroxyl groups is 1. The molecule has 1 amide bonds. The van der Waals surface area contributed by atoms with Crippen LogP contribution in [0.25, 0.3) is 0 Å². The number of carbonyl (C=O) groups is 1. The summed E-state index contributed by atoms with van der Waals surface area (Å²) < 4.78 is 4.94. The Balaban J connectivity index is 2.72. The second kappa shape index (κ2) is 4.21. The van der Waals surface area contributed by atoms with E-state index in [9.17, 15) is 9.90 Å². The third kappa shape index (κ3) is 3.89. The number of amides is 1. The highest BCUT2D eigenvalue weighted by molar-refractivity contribution is 5.65. The van der Waals surface area contributed by atoms with Crippen molar-refractivity contribution < 1.29 is 14.6 Å². The monoisotopic (exact) mass is 209 g/mol. The molecule has 0 fully saturated rings. The Labute approximate surface area is 88.7 Å². The van der Waals surface area contributed by atoms with E-state index >= 15 is 0 Å². The molecule has 0 aliphatic rings. The smallest absolute Gasteiger partial charge is 0.405 e. The lowest BCUT2D eigenvalue weighted by Gasteiger charge is -2.23. The summed E-state index contributed by atoms with van der Waals surface area (Å²) >= 11 is 0. The van der Waals surface area contributed by atoms with E-state index in [1.165, 1.54) is 0 Å². The van der Waals surface area contributed by atoms with Crippen LogP contribution in [0.15, 0.2) is 24.3 Å². The van der Waals surface area contributed by atoms with E-state index in [0.29, 0.717) is 6.42 Å². The van der Waals surface area contributed by atoms with Crippen LogP contribution in [0, 0.1) is 0 Å². The van der Waals surface area contributed by atoms with Gasteiger partial charge in [-0.1, -0.05) is 12.1 Å². The number of benzene rings is 1. The molecule has 0 atom stereocenters. The Kier molecular flexibility index (Phi) is 3.19. The lowest BCUT2D eigenvalue weighted by Crippen LogP contribution is -2.33. The number of ether oxygens (including phenoxy) is 1. The molecular weight excluding hydrogens is 194 g/mol. The van der Waals surface area contributed by atoms with Gasteiger partial charge in [-0.05, 0) is 31.5 Å². The topological polar surface area (TPSA) is 72.6 Å². The summed E-state index contributed by atoms with van der Waals surface area (Å²) in [6.07, 6.45) is -0.287. The van der Waals surface area contributed by atoms with Gasteiger partial charge < -0.3 is 15.6 Å². The Hall–Kier alpha value is -1.71. The minimum absolute atomic E-state index is 0.197. The van der Waals surface area contributed by atoms with Crippen LogP contribution in [-0.2, 0) is 11.2 Å². The van der Waals surface area contributed by atoms with E-state index in [1.54, 1.807) is 32.0 Å². The minimum Gasteiger partial charge on any atom is -0.508 e. The largest absolute Gasteiger partial charge is 0.508 e. The third-order valence-corrected chi connectivity index (χ3v) is 1.92. The average Bonchev–Trinajstić information content (AvgIpc) is 1.99. The number of nitrogens with two attached hydrogens (primary N) is 1. The molecule has 0 saturated heterocycles. The lowest BCUT2D eigenvalue weighted by atomic mass is 9.98. The SMILES string of the molecule is CC(C)(Cc1cccc(O)c1)OC(N)=O. The summed E-state index contributed by atoms with van der Waals surface area (Å²) in [4.78, 5) is 10.6. The number of phenols is 1. The number of carbonyl (C=O) groups excluding carboxylic acids is 1. The molecule has 1 rings (SSSR count). The Bertz CT molecular complexity index is 361. The molecule has 1 aromatic carbocycles. The first kappa shape index (κ1) is 11.4. The van der Waals surface area contributed by atoms with E-state index in [4.69, 9.17) is 10.5 Å². The van der Waals surface area contributed by atoms with Gasteiger partial charge in [-0.2, -0.15) is 0 Å². The number of hydrogen-bond acceptors (Lipinski definition) is 3. The van der Waals surface area contributed by atoms with Crippen LogP contribution in [0.4, 0.5) is 4.79 Å². The van der Waals surface area contributed by atoms with Crippen LogP contribution in [0.1, 0.15) is 19.4 Å². The van der Waals surface area contributed by atoms with E-state index in [0.717, 1.165) is 5.56 Å². The zero-order chi connectivity index (χ0) is 11.5. The highest BCUT2D eigenvalue weighted by Gasteiger charge is 2.22. The molecule has 0 aliphatic heterocycles. The maximum atomic E-state index is 10.6. The van der Waals surface area contributed by atoms with Gasteiger partial charge in [-0.25, -0.2) is 4.79 Å². The first-order chi connectivity index (χ1) is 6.89. The van der Waals surface area contributed by atoms with Crippen molar-refractivity contribution in [3.05, 3.63) is 29.8 Å². The summed E-state index contributed by atoms with van der Waals surface area (Å²) in [6, 6.07) is 6.81. The predicted octanol–water partition coefficient (Wildman–Crippen LogP) is 1.81. The van der Waals surface area contributed by atoms with Gasteiger partial charge in [0.15, 0.2) is 0 Å². The van der Waals surface area contributed by atoms with Crippen LogP contribution in [0.3, 0.4) is 0 Å². The van der Waals surface area contributed by atoms with E-state index in [1.807, 2.05) is 6.07 Å². The molecule has 0 aromatic heterocycles. The fraction of sp³-hybridized carbons (Fsp3) is 0.364. The van der Waals surface area contributed by atoms with Gasteiger partial charge >= 0.3 is 6.09 Å². The highest BCUT2D eigenvalue weighted by atomic mass is 16.6. The zero-order valence-corrected chi connectivity index (χ0v) is 8.86. The van der Waals surface area contributed by atoms with Crippen LogP contribution in [-0.4, -0.2) is 16.8 Å². The number of phenolic OH excluding ortho intramolecular Hbond substituents is 1. The van der Waals surface area contributed by atoms with E-state index in [-0.39, 0.29) is 5.75 Å². The fourth-order valence-electron chi connectivity index (χ4n) is 1.47. The van der Waals surface area contributed by atoms with Gasteiger partial charge in [0.05, 0.1) is 0 Å². The summed E-state index contributed by atoms with van der Waals surface area (Å²) in [5.41, 5.74) is 5.17. The molecule has 0 aliphatic carbocycles. The molecule has 3 N–H and O–H groups in total. The number of rotatable bonds is 3.